The lowest BCUT2D eigenvalue weighted by atomic mass is 10.0. The molecule has 0 aliphatic carbocycles. The average molecular weight is 431 g/mol. The molecular weight excluding hydrogens is 412 g/mol. The molecule has 1 amide bonds. The van der Waals surface area contributed by atoms with Crippen molar-refractivity contribution in [3.05, 3.63) is 106 Å². The number of halogens is 1. The molecule has 0 fully saturated rings. The van der Waals surface area contributed by atoms with Crippen LogP contribution in [0, 0.1) is 6.92 Å². The van der Waals surface area contributed by atoms with Gasteiger partial charge in [-0.2, -0.15) is 0 Å². The number of thiazole rings is 1. The molecule has 30 heavy (non-hydrogen) atoms. The van der Waals surface area contributed by atoms with Crippen LogP contribution in [0.4, 0.5) is 5.13 Å². The molecule has 0 radical (unpaired) electrons. The van der Waals surface area contributed by atoms with Crippen molar-refractivity contribution >= 4 is 45.6 Å². The Labute approximate surface area is 184 Å². The van der Waals surface area contributed by atoms with E-state index in [0.29, 0.717) is 15.7 Å². The minimum atomic E-state index is -0.198. The summed E-state index contributed by atoms with van der Waals surface area (Å²) < 4.78 is 0. The van der Waals surface area contributed by atoms with E-state index in [2.05, 4.69) is 10.3 Å². The molecule has 0 aliphatic rings. The van der Waals surface area contributed by atoms with Crippen molar-refractivity contribution in [3.8, 4) is 11.3 Å². The fourth-order valence-corrected chi connectivity index (χ4v) is 4.15. The van der Waals surface area contributed by atoms with Crippen molar-refractivity contribution in [1.29, 1.82) is 0 Å². The molecular formula is C25H19ClN2OS. The monoisotopic (exact) mass is 430 g/mol. The molecule has 0 spiro atoms. The van der Waals surface area contributed by atoms with Crippen LogP contribution >= 0.6 is 22.9 Å². The van der Waals surface area contributed by atoms with E-state index in [9.17, 15) is 4.79 Å². The predicted molar refractivity (Wildman–Crippen MR) is 127 cm³/mol. The van der Waals surface area contributed by atoms with Crippen LogP contribution in [0.25, 0.3) is 22.9 Å². The molecule has 5 heteroatoms. The molecule has 0 saturated heterocycles. The summed E-state index contributed by atoms with van der Waals surface area (Å²) in [5.41, 5.74) is 4.15. The molecule has 1 heterocycles. The van der Waals surface area contributed by atoms with Crippen LogP contribution in [0.3, 0.4) is 0 Å². The molecule has 3 nitrogen and oxygen atoms in total. The van der Waals surface area contributed by atoms with Crippen LogP contribution in [0.5, 0.6) is 0 Å². The zero-order valence-electron chi connectivity index (χ0n) is 16.3. The Hall–Kier alpha value is -3.21. The normalized spacial score (nSPS) is 11.3. The van der Waals surface area contributed by atoms with Gasteiger partial charge < -0.3 is 0 Å². The Morgan fingerprint density at radius 1 is 0.967 bits per heavy atom. The third kappa shape index (κ3) is 4.67. The van der Waals surface area contributed by atoms with E-state index in [1.165, 1.54) is 11.3 Å². The molecule has 4 aromatic rings. The van der Waals surface area contributed by atoms with Crippen LogP contribution < -0.4 is 5.32 Å². The minimum absolute atomic E-state index is 0.198. The molecule has 148 valence electrons. The molecule has 0 unspecified atom stereocenters. The first-order chi connectivity index (χ1) is 14.6. The average Bonchev–Trinajstić information content (AvgIpc) is 3.13. The summed E-state index contributed by atoms with van der Waals surface area (Å²) in [4.78, 5) is 18.9. The van der Waals surface area contributed by atoms with Gasteiger partial charge in [0.2, 0.25) is 0 Å². The van der Waals surface area contributed by atoms with Crippen molar-refractivity contribution in [2.45, 2.75) is 6.92 Å². The second kappa shape index (κ2) is 9.08. The quantitative estimate of drug-likeness (QED) is 0.275. The number of anilines is 1. The lowest BCUT2D eigenvalue weighted by molar-refractivity contribution is -0.111. The molecule has 0 atom stereocenters. The fraction of sp³-hybridized carbons (Fsp3) is 0.0400. The third-order valence-corrected chi connectivity index (χ3v) is 5.68. The molecule has 1 N–H and O–H groups in total. The van der Waals surface area contributed by atoms with Gasteiger partial charge in [0.1, 0.15) is 0 Å². The van der Waals surface area contributed by atoms with Gasteiger partial charge in [0, 0.05) is 21.0 Å². The zero-order chi connectivity index (χ0) is 20.9. The van der Waals surface area contributed by atoms with Crippen molar-refractivity contribution in [3.63, 3.8) is 0 Å². The summed E-state index contributed by atoms with van der Waals surface area (Å²) in [5.74, 6) is -0.198. The van der Waals surface area contributed by atoms with Gasteiger partial charge in [-0.3, -0.25) is 10.1 Å². The number of nitrogens with one attached hydrogen (secondary N) is 1. The van der Waals surface area contributed by atoms with Crippen molar-refractivity contribution in [1.82, 2.24) is 4.98 Å². The highest BCUT2D eigenvalue weighted by Gasteiger charge is 2.16. The van der Waals surface area contributed by atoms with E-state index in [1.54, 1.807) is 0 Å². The molecule has 0 bridgehead atoms. The van der Waals surface area contributed by atoms with Crippen molar-refractivity contribution in [2.24, 2.45) is 0 Å². The number of nitrogens with zero attached hydrogens (tertiary/aromatic N) is 1. The Balaban J connectivity index is 1.65. The van der Waals surface area contributed by atoms with E-state index in [0.717, 1.165) is 27.3 Å². The van der Waals surface area contributed by atoms with E-state index >= 15 is 0 Å². The van der Waals surface area contributed by atoms with Gasteiger partial charge in [0.25, 0.3) is 5.91 Å². The second-order valence-electron chi connectivity index (χ2n) is 6.72. The SMILES string of the molecule is Cc1sc(NC(=O)/C(=C/c2ccccc2)c2ccccc2)nc1-c1cccc(Cl)c1. The minimum Gasteiger partial charge on any atom is -0.298 e. The number of carbonyl (C=O) groups excluding carboxylic acids is 1. The number of benzene rings is 3. The summed E-state index contributed by atoms with van der Waals surface area (Å²) >= 11 is 7.57. The lowest BCUT2D eigenvalue weighted by Crippen LogP contribution is -2.13. The topological polar surface area (TPSA) is 42.0 Å². The summed E-state index contributed by atoms with van der Waals surface area (Å²) in [6.45, 7) is 1.99. The molecule has 1 aromatic heterocycles. The zero-order valence-corrected chi connectivity index (χ0v) is 17.9. The van der Waals surface area contributed by atoms with E-state index < -0.39 is 0 Å². The van der Waals surface area contributed by atoms with Gasteiger partial charge in [-0.15, -0.1) is 11.3 Å². The maximum atomic E-state index is 13.2. The first kappa shape index (κ1) is 20.1. The Kier molecular flexibility index (Phi) is 6.07. The second-order valence-corrected chi connectivity index (χ2v) is 8.36. The highest BCUT2D eigenvalue weighted by molar-refractivity contribution is 7.16. The highest BCUT2D eigenvalue weighted by atomic mass is 35.5. The van der Waals surface area contributed by atoms with Crippen LogP contribution in [0.2, 0.25) is 5.02 Å². The highest BCUT2D eigenvalue weighted by Crippen LogP contribution is 2.32. The number of hydrogen-bond acceptors (Lipinski definition) is 3. The van der Waals surface area contributed by atoms with E-state index in [-0.39, 0.29) is 5.91 Å². The third-order valence-electron chi connectivity index (χ3n) is 4.56. The van der Waals surface area contributed by atoms with Crippen LogP contribution in [-0.2, 0) is 4.79 Å². The predicted octanol–water partition coefficient (Wildman–Crippen LogP) is 6.95. The summed E-state index contributed by atoms with van der Waals surface area (Å²) in [6, 6.07) is 27.0. The van der Waals surface area contributed by atoms with Crippen LogP contribution in [-0.4, -0.2) is 10.9 Å². The number of aryl methyl sites for hydroxylation is 1. The van der Waals surface area contributed by atoms with Gasteiger partial charge in [0.05, 0.1) is 5.69 Å². The van der Waals surface area contributed by atoms with Gasteiger partial charge in [0.15, 0.2) is 5.13 Å². The number of carbonyl (C=O) groups is 1. The summed E-state index contributed by atoms with van der Waals surface area (Å²) in [5, 5.41) is 4.19. The maximum absolute atomic E-state index is 13.2. The number of amides is 1. The Morgan fingerprint density at radius 3 is 2.37 bits per heavy atom. The van der Waals surface area contributed by atoms with Gasteiger partial charge in [-0.25, -0.2) is 4.98 Å². The van der Waals surface area contributed by atoms with E-state index in [1.807, 2.05) is 97.9 Å². The maximum Gasteiger partial charge on any atom is 0.258 e. The fourth-order valence-electron chi connectivity index (χ4n) is 3.13. The number of rotatable bonds is 5. The van der Waals surface area contributed by atoms with Crippen molar-refractivity contribution in [2.75, 3.05) is 5.32 Å². The molecule has 4 rings (SSSR count). The largest absolute Gasteiger partial charge is 0.298 e. The van der Waals surface area contributed by atoms with Gasteiger partial charge in [-0.05, 0) is 36.3 Å². The summed E-state index contributed by atoms with van der Waals surface area (Å²) in [6.07, 6.45) is 1.89. The molecule has 0 saturated carbocycles. The Bertz CT molecular complexity index is 1200. The van der Waals surface area contributed by atoms with Gasteiger partial charge >= 0.3 is 0 Å². The number of aromatic nitrogens is 1. The Morgan fingerprint density at radius 2 is 1.67 bits per heavy atom. The first-order valence-electron chi connectivity index (χ1n) is 9.47. The summed E-state index contributed by atoms with van der Waals surface area (Å²) in [7, 11) is 0. The number of hydrogen-bond donors (Lipinski definition) is 1. The van der Waals surface area contributed by atoms with Gasteiger partial charge in [-0.1, -0.05) is 84.4 Å². The smallest absolute Gasteiger partial charge is 0.258 e. The molecule has 3 aromatic carbocycles. The van der Waals surface area contributed by atoms with Crippen LogP contribution in [0.1, 0.15) is 16.0 Å². The first-order valence-corrected chi connectivity index (χ1v) is 10.7. The van der Waals surface area contributed by atoms with Crippen molar-refractivity contribution < 1.29 is 4.79 Å². The molecule has 0 aliphatic heterocycles. The van der Waals surface area contributed by atoms with E-state index in [4.69, 9.17) is 11.6 Å². The standard InChI is InChI=1S/C25H19ClN2OS/c1-17-23(20-13-8-14-21(26)16-20)27-25(30-17)28-24(29)22(19-11-6-3-7-12-19)15-18-9-4-2-5-10-18/h2-16H,1H3,(H,27,28,29)/b22-15+. The van der Waals surface area contributed by atoms with Crippen LogP contribution in [0.15, 0.2) is 84.9 Å². The lowest BCUT2D eigenvalue weighted by Gasteiger charge is -2.08.